The molecule has 180 valence electrons. The first-order valence-electron chi connectivity index (χ1n) is 10.4. The highest BCUT2D eigenvalue weighted by molar-refractivity contribution is 9.10. The van der Waals surface area contributed by atoms with E-state index >= 15 is 0 Å². The first-order valence-corrected chi connectivity index (χ1v) is 12.8. The average molecular weight is 596 g/mol. The molecule has 1 aliphatic rings. The molecule has 0 unspecified atom stereocenters. The molecule has 0 aromatic heterocycles. The smallest absolute Gasteiger partial charge is 0.264 e. The molecule has 0 atom stereocenters. The maximum atomic E-state index is 14.0. The van der Waals surface area contributed by atoms with Crippen molar-refractivity contribution in [3.05, 3.63) is 91.0 Å². The van der Waals surface area contributed by atoms with Crippen LogP contribution >= 0.6 is 50.9 Å². The van der Waals surface area contributed by atoms with Gasteiger partial charge in [0.05, 0.1) is 27.2 Å². The van der Waals surface area contributed by atoms with Crippen LogP contribution in [0.5, 0.6) is 11.5 Å². The fourth-order valence-electron chi connectivity index (χ4n) is 3.12. The van der Waals surface area contributed by atoms with Gasteiger partial charge in [-0.15, -0.1) is 0 Å². The number of nitrogens with one attached hydrogen (secondary N) is 1. The van der Waals surface area contributed by atoms with Crippen molar-refractivity contribution in [3.8, 4) is 11.5 Å². The number of halogens is 4. The van der Waals surface area contributed by atoms with Gasteiger partial charge in [-0.1, -0.05) is 63.4 Å². The number of nitrogens with zero attached hydrogens (tertiary/aromatic N) is 1. The van der Waals surface area contributed by atoms with Crippen LogP contribution in [0.3, 0.4) is 0 Å². The molecule has 35 heavy (non-hydrogen) atoms. The number of carbonyl (C=O) groups excluding carboxylic acids is 1. The Morgan fingerprint density at radius 1 is 1.11 bits per heavy atom. The van der Waals surface area contributed by atoms with E-state index in [1.54, 1.807) is 54.6 Å². The quantitative estimate of drug-likeness (QED) is 0.284. The second kappa shape index (κ2) is 11.5. The number of amides is 1. The summed E-state index contributed by atoms with van der Waals surface area (Å²) in [7, 11) is 0. The lowest BCUT2D eigenvalue weighted by Gasteiger charge is -2.14. The van der Waals surface area contributed by atoms with Crippen LogP contribution in [0.2, 0.25) is 10.0 Å². The topological polar surface area (TPSA) is 59.9 Å². The Morgan fingerprint density at radius 3 is 2.66 bits per heavy atom. The molecular formula is C25H18BrCl2FN2O3S. The third-order valence-corrected chi connectivity index (χ3v) is 7.20. The van der Waals surface area contributed by atoms with Crippen molar-refractivity contribution in [1.82, 2.24) is 5.32 Å². The Balaban J connectivity index is 1.58. The first-order chi connectivity index (χ1) is 16.9. The number of amidine groups is 1. The van der Waals surface area contributed by atoms with E-state index < -0.39 is 0 Å². The molecule has 0 bridgehead atoms. The lowest BCUT2D eigenvalue weighted by atomic mass is 10.1. The number of carbonyl (C=O) groups is 1. The standard InChI is InChI=1S/C25H18BrCl2FN2O3S/c1-2-33-20-10-15(16(26)12-21(20)34-13-14-6-3-4-8-18(14)29)11-22-24(32)31-25(35-22)30-19-9-5-7-17(27)23(19)28/h3-12H,2,13H2,1H3,(H,30,31,32)/b22-11+. The lowest BCUT2D eigenvalue weighted by Crippen LogP contribution is -2.19. The van der Waals surface area contributed by atoms with Crippen LogP contribution in [0.4, 0.5) is 10.1 Å². The molecule has 1 N–H and O–H groups in total. The summed E-state index contributed by atoms with van der Waals surface area (Å²) < 4.78 is 26.2. The second-order valence-corrected chi connectivity index (χ2v) is 9.86. The molecule has 3 aromatic carbocycles. The van der Waals surface area contributed by atoms with E-state index in [1.807, 2.05) is 6.92 Å². The highest BCUT2D eigenvalue weighted by Crippen LogP contribution is 2.38. The number of ether oxygens (including phenoxy) is 2. The van der Waals surface area contributed by atoms with Crippen molar-refractivity contribution in [1.29, 1.82) is 0 Å². The number of rotatable bonds is 7. The Bertz CT molecular complexity index is 1350. The normalized spacial score (nSPS) is 15.5. The molecule has 4 rings (SSSR count). The number of aliphatic imine (C=N–C) groups is 1. The number of thioether (sulfide) groups is 1. The van der Waals surface area contributed by atoms with Crippen LogP contribution < -0.4 is 14.8 Å². The minimum atomic E-state index is -0.341. The SMILES string of the molecule is CCOc1cc(/C=C2/SC(=Nc3cccc(Cl)c3Cl)NC2=O)c(Br)cc1OCc1ccccc1F. The zero-order chi connectivity index (χ0) is 24.9. The van der Waals surface area contributed by atoms with Crippen LogP contribution in [0.1, 0.15) is 18.1 Å². The lowest BCUT2D eigenvalue weighted by molar-refractivity contribution is -0.115. The molecule has 0 spiro atoms. The summed E-state index contributed by atoms with van der Waals surface area (Å²) in [6.45, 7) is 2.30. The summed E-state index contributed by atoms with van der Waals surface area (Å²) >= 11 is 17.0. The highest BCUT2D eigenvalue weighted by atomic mass is 79.9. The highest BCUT2D eigenvalue weighted by Gasteiger charge is 2.25. The summed E-state index contributed by atoms with van der Waals surface area (Å²) in [5.74, 6) is 0.288. The van der Waals surface area contributed by atoms with E-state index in [0.717, 1.165) is 0 Å². The van der Waals surface area contributed by atoms with Gasteiger partial charge in [0.25, 0.3) is 5.91 Å². The minimum absolute atomic E-state index is 0.0454. The molecular weight excluding hydrogens is 578 g/mol. The number of hydrogen-bond donors (Lipinski definition) is 1. The van der Waals surface area contributed by atoms with Gasteiger partial charge < -0.3 is 14.8 Å². The van der Waals surface area contributed by atoms with E-state index in [1.165, 1.54) is 17.8 Å². The maximum Gasteiger partial charge on any atom is 0.264 e. The second-order valence-electron chi connectivity index (χ2n) is 7.19. The Morgan fingerprint density at radius 2 is 1.89 bits per heavy atom. The predicted molar refractivity (Wildman–Crippen MR) is 143 cm³/mol. The van der Waals surface area contributed by atoms with Crippen LogP contribution in [0.25, 0.3) is 6.08 Å². The van der Waals surface area contributed by atoms with Crippen molar-refractivity contribution in [2.24, 2.45) is 4.99 Å². The summed E-state index contributed by atoms with van der Waals surface area (Å²) in [6.07, 6.45) is 1.72. The van der Waals surface area contributed by atoms with E-state index in [2.05, 4.69) is 26.2 Å². The largest absolute Gasteiger partial charge is 0.490 e. The molecule has 1 amide bonds. The van der Waals surface area contributed by atoms with Crippen LogP contribution in [0, 0.1) is 5.82 Å². The van der Waals surface area contributed by atoms with Crippen LogP contribution in [-0.2, 0) is 11.4 Å². The predicted octanol–water partition coefficient (Wildman–Crippen LogP) is 7.76. The molecule has 1 fully saturated rings. The number of hydrogen-bond acceptors (Lipinski definition) is 5. The molecule has 10 heteroatoms. The Labute approximate surface area is 224 Å². The van der Waals surface area contributed by atoms with Gasteiger partial charge in [0, 0.05) is 10.0 Å². The van der Waals surface area contributed by atoms with E-state index in [4.69, 9.17) is 32.7 Å². The Kier molecular flexibility index (Phi) is 8.38. The van der Waals surface area contributed by atoms with Crippen molar-refractivity contribution in [3.63, 3.8) is 0 Å². The van der Waals surface area contributed by atoms with E-state index in [-0.39, 0.29) is 18.3 Å². The number of benzene rings is 3. The fourth-order valence-corrected chi connectivity index (χ4v) is 4.72. The monoisotopic (exact) mass is 594 g/mol. The zero-order valence-corrected chi connectivity index (χ0v) is 22.2. The molecule has 1 saturated heterocycles. The van der Waals surface area contributed by atoms with Crippen molar-refractivity contribution in [2.45, 2.75) is 13.5 Å². The molecule has 3 aromatic rings. The molecule has 0 aliphatic carbocycles. The molecule has 1 heterocycles. The van der Waals surface area contributed by atoms with Gasteiger partial charge in [0.1, 0.15) is 12.4 Å². The van der Waals surface area contributed by atoms with Gasteiger partial charge in [-0.3, -0.25) is 4.79 Å². The maximum absolute atomic E-state index is 14.0. The molecule has 1 aliphatic heterocycles. The molecule has 0 radical (unpaired) electrons. The van der Waals surface area contributed by atoms with Crippen molar-refractivity contribution in [2.75, 3.05) is 6.61 Å². The first kappa shape index (κ1) is 25.6. The van der Waals surface area contributed by atoms with Crippen molar-refractivity contribution >= 4 is 73.7 Å². The van der Waals surface area contributed by atoms with E-state index in [0.29, 0.717) is 59.5 Å². The van der Waals surface area contributed by atoms with Crippen LogP contribution in [0.15, 0.2) is 69.0 Å². The summed E-state index contributed by atoms with van der Waals surface area (Å²) in [5, 5.41) is 3.80. The van der Waals surface area contributed by atoms with Gasteiger partial charge in [-0.2, -0.15) is 0 Å². The summed E-state index contributed by atoms with van der Waals surface area (Å²) in [6, 6.07) is 15.0. The van der Waals surface area contributed by atoms with Crippen molar-refractivity contribution < 1.29 is 18.7 Å². The molecule has 0 saturated carbocycles. The van der Waals surface area contributed by atoms with Gasteiger partial charge >= 0.3 is 0 Å². The minimum Gasteiger partial charge on any atom is -0.490 e. The summed E-state index contributed by atoms with van der Waals surface area (Å²) in [5.41, 5.74) is 1.59. The third-order valence-electron chi connectivity index (χ3n) is 4.79. The zero-order valence-electron chi connectivity index (χ0n) is 18.3. The summed E-state index contributed by atoms with van der Waals surface area (Å²) in [4.78, 5) is 17.4. The average Bonchev–Trinajstić information content (AvgIpc) is 3.17. The molecule has 5 nitrogen and oxygen atoms in total. The Hall–Kier alpha value is -2.52. The van der Waals surface area contributed by atoms with Crippen LogP contribution in [-0.4, -0.2) is 17.7 Å². The van der Waals surface area contributed by atoms with Gasteiger partial charge in [-0.05, 0) is 60.7 Å². The van der Waals surface area contributed by atoms with Gasteiger partial charge in [0.15, 0.2) is 16.7 Å². The van der Waals surface area contributed by atoms with E-state index in [9.17, 15) is 9.18 Å². The third kappa shape index (κ3) is 6.19. The van der Waals surface area contributed by atoms with Gasteiger partial charge in [-0.25, -0.2) is 9.38 Å². The fraction of sp³-hybridized carbons (Fsp3) is 0.120. The van der Waals surface area contributed by atoms with Gasteiger partial charge in [0.2, 0.25) is 0 Å².